The van der Waals surface area contributed by atoms with E-state index in [0.29, 0.717) is 21.4 Å². The monoisotopic (exact) mass is 309 g/mol. The second-order valence-electron chi connectivity index (χ2n) is 4.07. The van der Waals surface area contributed by atoms with Gasteiger partial charge in [0.2, 0.25) is 0 Å². The molecule has 1 aromatic carbocycles. The minimum atomic E-state index is -0.317. The standard InChI is InChI=1S/C14H13Cl2N3O/c1-2-17-11-3-4-18-13(8-11)14(20)19-12-6-9(15)5-10(16)7-12/h3-8H,2H2,1H3,(H,17,18)(H,19,20). The quantitative estimate of drug-likeness (QED) is 0.895. The number of carbonyl (C=O) groups is 1. The maximum absolute atomic E-state index is 12.1. The lowest BCUT2D eigenvalue weighted by molar-refractivity contribution is 0.102. The van der Waals surface area contributed by atoms with Gasteiger partial charge in [-0.3, -0.25) is 9.78 Å². The van der Waals surface area contributed by atoms with Crippen LogP contribution in [0.2, 0.25) is 10.0 Å². The first-order chi connectivity index (χ1) is 9.58. The first-order valence-electron chi connectivity index (χ1n) is 6.06. The Bertz CT molecular complexity index is 611. The molecule has 0 unspecified atom stereocenters. The molecule has 0 bridgehead atoms. The number of aromatic nitrogens is 1. The summed E-state index contributed by atoms with van der Waals surface area (Å²) in [7, 11) is 0. The van der Waals surface area contributed by atoms with E-state index in [0.717, 1.165) is 12.2 Å². The lowest BCUT2D eigenvalue weighted by Crippen LogP contribution is -2.14. The highest BCUT2D eigenvalue weighted by Gasteiger charge is 2.09. The summed E-state index contributed by atoms with van der Waals surface area (Å²) in [5, 5.41) is 6.75. The van der Waals surface area contributed by atoms with Crippen LogP contribution in [-0.2, 0) is 0 Å². The van der Waals surface area contributed by atoms with Crippen molar-refractivity contribution < 1.29 is 4.79 Å². The zero-order valence-corrected chi connectivity index (χ0v) is 12.3. The SMILES string of the molecule is CCNc1ccnc(C(=O)Nc2cc(Cl)cc(Cl)c2)c1. The second kappa shape index (κ2) is 6.59. The molecule has 2 rings (SSSR count). The molecule has 0 aliphatic rings. The molecule has 104 valence electrons. The number of rotatable bonds is 4. The molecule has 4 nitrogen and oxygen atoms in total. The van der Waals surface area contributed by atoms with Crippen LogP contribution in [0.25, 0.3) is 0 Å². The fraction of sp³-hybridized carbons (Fsp3) is 0.143. The van der Waals surface area contributed by atoms with Gasteiger partial charge in [-0.2, -0.15) is 0 Å². The molecule has 0 aliphatic carbocycles. The topological polar surface area (TPSA) is 54.0 Å². The Morgan fingerprint density at radius 1 is 1.15 bits per heavy atom. The predicted molar refractivity (Wildman–Crippen MR) is 82.8 cm³/mol. The fourth-order valence-corrected chi connectivity index (χ4v) is 2.22. The van der Waals surface area contributed by atoms with Gasteiger partial charge in [0.15, 0.2) is 0 Å². The summed E-state index contributed by atoms with van der Waals surface area (Å²) >= 11 is 11.8. The van der Waals surface area contributed by atoms with Crippen molar-refractivity contribution in [3.05, 3.63) is 52.3 Å². The number of halogens is 2. The van der Waals surface area contributed by atoms with Crippen molar-refractivity contribution in [2.45, 2.75) is 6.92 Å². The average Bonchev–Trinajstić information content (AvgIpc) is 2.38. The van der Waals surface area contributed by atoms with Crippen molar-refractivity contribution >= 4 is 40.5 Å². The van der Waals surface area contributed by atoms with E-state index in [1.807, 2.05) is 6.92 Å². The second-order valence-corrected chi connectivity index (χ2v) is 4.95. The van der Waals surface area contributed by atoms with E-state index >= 15 is 0 Å². The van der Waals surface area contributed by atoms with Crippen LogP contribution in [0.1, 0.15) is 17.4 Å². The Hall–Kier alpha value is -1.78. The van der Waals surface area contributed by atoms with Crippen LogP contribution in [0.5, 0.6) is 0 Å². The van der Waals surface area contributed by atoms with Crippen LogP contribution in [0.15, 0.2) is 36.5 Å². The average molecular weight is 310 g/mol. The van der Waals surface area contributed by atoms with E-state index in [1.54, 1.807) is 36.5 Å². The first kappa shape index (κ1) is 14.6. The summed E-state index contributed by atoms with van der Waals surface area (Å²) in [5.41, 5.74) is 1.69. The maximum atomic E-state index is 12.1. The van der Waals surface area contributed by atoms with Crippen molar-refractivity contribution in [2.75, 3.05) is 17.2 Å². The molecule has 1 amide bonds. The molecular formula is C14H13Cl2N3O. The fourth-order valence-electron chi connectivity index (χ4n) is 1.69. The van der Waals surface area contributed by atoms with Crippen LogP contribution < -0.4 is 10.6 Å². The molecule has 1 heterocycles. The zero-order valence-electron chi connectivity index (χ0n) is 10.8. The largest absolute Gasteiger partial charge is 0.385 e. The summed E-state index contributed by atoms with van der Waals surface area (Å²) < 4.78 is 0. The first-order valence-corrected chi connectivity index (χ1v) is 6.81. The summed E-state index contributed by atoms with van der Waals surface area (Å²) in [6.45, 7) is 2.75. The van der Waals surface area contributed by atoms with Crippen LogP contribution in [0, 0.1) is 0 Å². The van der Waals surface area contributed by atoms with Crippen molar-refractivity contribution in [2.24, 2.45) is 0 Å². The number of anilines is 2. The van der Waals surface area contributed by atoms with Crippen molar-refractivity contribution in [1.29, 1.82) is 0 Å². The van der Waals surface area contributed by atoms with E-state index in [1.165, 1.54) is 0 Å². The number of benzene rings is 1. The van der Waals surface area contributed by atoms with Gasteiger partial charge < -0.3 is 10.6 Å². The van der Waals surface area contributed by atoms with Gasteiger partial charge in [-0.15, -0.1) is 0 Å². The third-order valence-corrected chi connectivity index (χ3v) is 2.93. The smallest absolute Gasteiger partial charge is 0.274 e. The van der Waals surface area contributed by atoms with Gasteiger partial charge in [0, 0.05) is 34.2 Å². The van der Waals surface area contributed by atoms with Crippen LogP contribution in [-0.4, -0.2) is 17.4 Å². The molecular weight excluding hydrogens is 297 g/mol. The van der Waals surface area contributed by atoms with Crippen molar-refractivity contribution in [3.8, 4) is 0 Å². The maximum Gasteiger partial charge on any atom is 0.274 e. The normalized spacial score (nSPS) is 10.2. The molecule has 2 N–H and O–H groups in total. The number of pyridine rings is 1. The number of hydrogen-bond donors (Lipinski definition) is 2. The molecule has 0 spiro atoms. The van der Waals surface area contributed by atoms with E-state index in [9.17, 15) is 4.79 Å². The Morgan fingerprint density at radius 3 is 2.50 bits per heavy atom. The Labute approximate surface area is 127 Å². The lowest BCUT2D eigenvalue weighted by atomic mass is 10.2. The third-order valence-electron chi connectivity index (χ3n) is 2.49. The van der Waals surface area contributed by atoms with Crippen LogP contribution in [0.4, 0.5) is 11.4 Å². The zero-order chi connectivity index (χ0) is 14.5. The lowest BCUT2D eigenvalue weighted by Gasteiger charge is -2.08. The Balaban J connectivity index is 2.17. The highest BCUT2D eigenvalue weighted by atomic mass is 35.5. The number of nitrogens with zero attached hydrogens (tertiary/aromatic N) is 1. The minimum Gasteiger partial charge on any atom is -0.385 e. The van der Waals surface area contributed by atoms with Gasteiger partial charge >= 0.3 is 0 Å². The van der Waals surface area contributed by atoms with Gasteiger partial charge in [0.1, 0.15) is 5.69 Å². The molecule has 0 saturated carbocycles. The Kier molecular flexibility index (Phi) is 4.82. The molecule has 0 radical (unpaired) electrons. The molecule has 0 fully saturated rings. The summed E-state index contributed by atoms with van der Waals surface area (Å²) in [4.78, 5) is 16.2. The van der Waals surface area contributed by atoms with E-state index in [2.05, 4.69) is 15.6 Å². The third kappa shape index (κ3) is 3.85. The highest BCUT2D eigenvalue weighted by Crippen LogP contribution is 2.22. The highest BCUT2D eigenvalue weighted by molar-refractivity contribution is 6.35. The van der Waals surface area contributed by atoms with Gasteiger partial charge in [-0.25, -0.2) is 0 Å². The van der Waals surface area contributed by atoms with Gasteiger partial charge in [-0.05, 0) is 37.3 Å². The summed E-state index contributed by atoms with van der Waals surface area (Å²) in [5.74, 6) is -0.317. The molecule has 0 atom stereocenters. The number of hydrogen-bond acceptors (Lipinski definition) is 3. The van der Waals surface area contributed by atoms with Gasteiger partial charge in [-0.1, -0.05) is 23.2 Å². The number of amides is 1. The van der Waals surface area contributed by atoms with Crippen molar-refractivity contribution in [1.82, 2.24) is 4.98 Å². The molecule has 1 aromatic heterocycles. The number of nitrogens with one attached hydrogen (secondary N) is 2. The number of carbonyl (C=O) groups excluding carboxylic acids is 1. The molecule has 0 aliphatic heterocycles. The van der Waals surface area contributed by atoms with Crippen molar-refractivity contribution in [3.63, 3.8) is 0 Å². The molecule has 0 saturated heterocycles. The van der Waals surface area contributed by atoms with Gasteiger partial charge in [0.05, 0.1) is 0 Å². The van der Waals surface area contributed by atoms with Crippen LogP contribution >= 0.6 is 23.2 Å². The van der Waals surface area contributed by atoms with E-state index in [-0.39, 0.29) is 5.91 Å². The van der Waals surface area contributed by atoms with Gasteiger partial charge in [0.25, 0.3) is 5.91 Å². The van der Waals surface area contributed by atoms with Crippen LogP contribution in [0.3, 0.4) is 0 Å². The van der Waals surface area contributed by atoms with E-state index in [4.69, 9.17) is 23.2 Å². The predicted octanol–water partition coefficient (Wildman–Crippen LogP) is 4.07. The summed E-state index contributed by atoms with van der Waals surface area (Å²) in [6.07, 6.45) is 1.58. The minimum absolute atomic E-state index is 0.317. The molecule has 2 aromatic rings. The molecule has 20 heavy (non-hydrogen) atoms. The summed E-state index contributed by atoms with van der Waals surface area (Å²) in [6, 6.07) is 8.34. The molecule has 6 heteroatoms. The van der Waals surface area contributed by atoms with E-state index < -0.39 is 0 Å². The Morgan fingerprint density at radius 2 is 1.85 bits per heavy atom.